The third kappa shape index (κ3) is 8.30. The summed E-state index contributed by atoms with van der Waals surface area (Å²) in [5.41, 5.74) is 2.19. The first kappa shape index (κ1) is 15.0. The number of ether oxygens (including phenoxy) is 1. The number of halogens is 3. The van der Waals surface area contributed by atoms with Gasteiger partial charge in [-0.2, -0.15) is 13.2 Å². The second kappa shape index (κ2) is 7.29. The molecule has 0 aliphatic carbocycles. The van der Waals surface area contributed by atoms with Gasteiger partial charge in [-0.15, -0.1) is 0 Å². The van der Waals surface area contributed by atoms with E-state index < -0.39 is 18.6 Å². The lowest BCUT2D eigenvalue weighted by molar-refractivity contribution is -0.138. The van der Waals surface area contributed by atoms with E-state index in [4.69, 9.17) is 10.6 Å². The third-order valence-electron chi connectivity index (χ3n) is 1.62. The molecule has 0 aliphatic heterocycles. The van der Waals surface area contributed by atoms with Crippen molar-refractivity contribution in [1.82, 2.24) is 10.7 Å². The second-order valence-electron chi connectivity index (χ2n) is 3.23. The van der Waals surface area contributed by atoms with Gasteiger partial charge < -0.3 is 10.1 Å². The molecule has 0 aromatic rings. The Bertz CT molecular complexity index is 220. The number of alkyl halides is 3. The molecule has 0 saturated carbocycles. The van der Waals surface area contributed by atoms with Gasteiger partial charge in [0.15, 0.2) is 0 Å². The first-order valence-corrected chi connectivity index (χ1v) is 4.72. The highest BCUT2D eigenvalue weighted by atomic mass is 19.4. The molecule has 96 valence electrons. The molecule has 0 spiro atoms. The van der Waals surface area contributed by atoms with E-state index in [1.54, 1.807) is 0 Å². The van der Waals surface area contributed by atoms with Crippen LogP contribution in [0.1, 0.15) is 13.3 Å². The van der Waals surface area contributed by atoms with Crippen LogP contribution in [-0.2, 0) is 4.74 Å². The standard InChI is InChI=1S/C8H17F3N4O/c1-6(5-8(9,10)11)14-7(15-12)13-3-4-16-2/h6H,3-5,12H2,1-2H3,(H2,13,14,15). The second-order valence-corrected chi connectivity index (χ2v) is 3.23. The Kier molecular flexibility index (Phi) is 6.82. The zero-order chi connectivity index (χ0) is 12.6. The third-order valence-corrected chi connectivity index (χ3v) is 1.62. The molecule has 0 rings (SSSR count). The molecule has 0 bridgehead atoms. The predicted molar refractivity (Wildman–Crippen MR) is 54.8 cm³/mol. The first-order chi connectivity index (χ1) is 7.39. The van der Waals surface area contributed by atoms with Gasteiger partial charge in [0.2, 0.25) is 5.96 Å². The fourth-order valence-electron chi connectivity index (χ4n) is 1.01. The quantitative estimate of drug-likeness (QED) is 0.214. The monoisotopic (exact) mass is 242 g/mol. The first-order valence-electron chi connectivity index (χ1n) is 4.72. The molecule has 8 heteroatoms. The summed E-state index contributed by atoms with van der Waals surface area (Å²) in [6.07, 6.45) is -5.16. The van der Waals surface area contributed by atoms with Gasteiger partial charge in [-0.05, 0) is 6.92 Å². The summed E-state index contributed by atoms with van der Waals surface area (Å²) >= 11 is 0. The smallest absolute Gasteiger partial charge is 0.383 e. The maximum atomic E-state index is 12.0. The molecule has 0 saturated heterocycles. The molecule has 0 fully saturated rings. The number of guanidine groups is 1. The summed E-state index contributed by atoms with van der Waals surface area (Å²) in [5.74, 6) is 5.22. The normalized spacial score (nSPS) is 14.8. The van der Waals surface area contributed by atoms with Crippen molar-refractivity contribution in [3.05, 3.63) is 0 Å². The van der Waals surface area contributed by atoms with Crippen LogP contribution in [0.5, 0.6) is 0 Å². The molecule has 0 aromatic carbocycles. The van der Waals surface area contributed by atoms with E-state index in [1.165, 1.54) is 14.0 Å². The number of aliphatic imine (C=N–C) groups is 1. The number of nitrogens with one attached hydrogen (secondary N) is 2. The Morgan fingerprint density at radius 2 is 2.12 bits per heavy atom. The minimum atomic E-state index is -4.21. The number of rotatable bonds is 5. The number of hydrogen-bond donors (Lipinski definition) is 3. The average molecular weight is 242 g/mol. The van der Waals surface area contributed by atoms with E-state index in [-0.39, 0.29) is 5.96 Å². The molecule has 4 N–H and O–H groups in total. The zero-order valence-corrected chi connectivity index (χ0v) is 9.27. The van der Waals surface area contributed by atoms with Crippen LogP contribution in [0, 0.1) is 0 Å². The summed E-state index contributed by atoms with van der Waals surface area (Å²) in [7, 11) is 1.50. The van der Waals surface area contributed by atoms with Gasteiger partial charge in [0.1, 0.15) is 0 Å². The van der Waals surface area contributed by atoms with Crippen molar-refractivity contribution in [1.29, 1.82) is 0 Å². The molecule has 0 amide bonds. The number of hydrazine groups is 1. The van der Waals surface area contributed by atoms with Gasteiger partial charge >= 0.3 is 6.18 Å². The highest BCUT2D eigenvalue weighted by molar-refractivity contribution is 5.79. The van der Waals surface area contributed by atoms with Crippen molar-refractivity contribution in [2.75, 3.05) is 20.3 Å². The Hall–Kier alpha value is -1.02. The summed E-state index contributed by atoms with van der Waals surface area (Å²) in [5, 5.41) is 2.52. The van der Waals surface area contributed by atoms with Crippen LogP contribution in [0.3, 0.4) is 0 Å². The largest absolute Gasteiger partial charge is 0.391 e. The minimum Gasteiger partial charge on any atom is -0.383 e. The summed E-state index contributed by atoms with van der Waals surface area (Å²) in [6.45, 7) is 2.10. The Balaban J connectivity index is 4.06. The molecule has 1 unspecified atom stereocenters. The molecule has 16 heavy (non-hydrogen) atoms. The predicted octanol–water partition coefficient (Wildman–Crippen LogP) is 0.383. The van der Waals surface area contributed by atoms with Gasteiger partial charge in [0.05, 0.1) is 19.6 Å². The highest BCUT2D eigenvalue weighted by Crippen LogP contribution is 2.21. The van der Waals surface area contributed by atoms with Crippen LogP contribution >= 0.6 is 0 Å². The van der Waals surface area contributed by atoms with E-state index in [0.717, 1.165) is 0 Å². The van der Waals surface area contributed by atoms with E-state index in [0.29, 0.717) is 13.2 Å². The number of nitrogens with zero attached hydrogens (tertiary/aromatic N) is 1. The van der Waals surface area contributed by atoms with Crippen molar-refractivity contribution in [3.8, 4) is 0 Å². The lowest BCUT2D eigenvalue weighted by atomic mass is 10.2. The highest BCUT2D eigenvalue weighted by Gasteiger charge is 2.30. The topological polar surface area (TPSA) is 71.7 Å². The lowest BCUT2D eigenvalue weighted by Gasteiger charge is -2.17. The van der Waals surface area contributed by atoms with E-state index in [9.17, 15) is 13.2 Å². The van der Waals surface area contributed by atoms with Gasteiger partial charge in [0.25, 0.3) is 0 Å². The molecular weight excluding hydrogens is 225 g/mol. The summed E-state index contributed by atoms with van der Waals surface area (Å²) in [4.78, 5) is 3.88. The molecule has 5 nitrogen and oxygen atoms in total. The van der Waals surface area contributed by atoms with Crippen molar-refractivity contribution >= 4 is 5.96 Å². The van der Waals surface area contributed by atoms with Gasteiger partial charge in [0, 0.05) is 13.2 Å². The van der Waals surface area contributed by atoms with Gasteiger partial charge in [-0.1, -0.05) is 0 Å². The zero-order valence-electron chi connectivity index (χ0n) is 9.27. The summed E-state index contributed by atoms with van der Waals surface area (Å²) < 4.78 is 40.8. The van der Waals surface area contributed by atoms with Crippen LogP contribution in [0.25, 0.3) is 0 Å². The molecular formula is C8H17F3N4O. The molecule has 0 radical (unpaired) electrons. The van der Waals surface area contributed by atoms with Crippen LogP contribution in [-0.4, -0.2) is 38.4 Å². The van der Waals surface area contributed by atoms with Gasteiger partial charge in [-0.3, -0.25) is 5.43 Å². The molecule has 0 aliphatic rings. The van der Waals surface area contributed by atoms with Crippen molar-refractivity contribution in [2.45, 2.75) is 25.6 Å². The van der Waals surface area contributed by atoms with E-state index in [2.05, 4.69) is 15.7 Å². The van der Waals surface area contributed by atoms with Crippen LogP contribution in [0.4, 0.5) is 13.2 Å². The molecule has 1 atom stereocenters. The maximum absolute atomic E-state index is 12.0. The number of methoxy groups -OCH3 is 1. The van der Waals surface area contributed by atoms with Crippen molar-refractivity contribution in [3.63, 3.8) is 0 Å². The minimum absolute atomic E-state index is 0.119. The van der Waals surface area contributed by atoms with Crippen LogP contribution < -0.4 is 16.6 Å². The summed E-state index contributed by atoms with van der Waals surface area (Å²) in [6, 6.07) is -0.794. The number of nitrogens with two attached hydrogens (primary N) is 1. The fourth-order valence-corrected chi connectivity index (χ4v) is 1.01. The lowest BCUT2D eigenvalue weighted by Crippen LogP contribution is -2.46. The van der Waals surface area contributed by atoms with Gasteiger partial charge in [-0.25, -0.2) is 10.8 Å². The SMILES string of the molecule is COCCN=C(NN)NC(C)CC(F)(F)F. The Morgan fingerprint density at radius 1 is 1.50 bits per heavy atom. The molecule has 0 heterocycles. The Morgan fingerprint density at radius 3 is 2.56 bits per heavy atom. The fraction of sp³-hybridized carbons (Fsp3) is 0.875. The number of hydrogen-bond acceptors (Lipinski definition) is 3. The van der Waals surface area contributed by atoms with E-state index >= 15 is 0 Å². The van der Waals surface area contributed by atoms with Crippen LogP contribution in [0.15, 0.2) is 4.99 Å². The Labute approximate surface area is 92.2 Å². The van der Waals surface area contributed by atoms with Crippen molar-refractivity contribution in [2.24, 2.45) is 10.8 Å². The van der Waals surface area contributed by atoms with Crippen LogP contribution in [0.2, 0.25) is 0 Å². The maximum Gasteiger partial charge on any atom is 0.391 e. The van der Waals surface area contributed by atoms with E-state index in [1.807, 2.05) is 0 Å². The average Bonchev–Trinajstić information content (AvgIpc) is 2.13. The van der Waals surface area contributed by atoms with Crippen molar-refractivity contribution < 1.29 is 17.9 Å². The molecule has 0 aromatic heterocycles.